The predicted molar refractivity (Wildman–Crippen MR) is 132 cm³/mol. The standard InChI is InChI=1S/C28H28FN3O2/c1-18-8-13-26(19(2)14-18)34-17-23-6-5-7-24(15-23)28(33)30-27-20(3)31-32(21(27)4)16-22-9-11-25(29)12-10-22/h5-15H,16-17H2,1-4H3,(H,30,33). The van der Waals surface area contributed by atoms with E-state index in [2.05, 4.69) is 23.4 Å². The molecule has 6 heteroatoms. The molecule has 174 valence electrons. The van der Waals surface area contributed by atoms with Crippen LogP contribution in [0.1, 0.15) is 44.0 Å². The number of carbonyl (C=O) groups excluding carboxylic acids is 1. The monoisotopic (exact) mass is 457 g/mol. The number of carbonyl (C=O) groups is 1. The first kappa shape index (κ1) is 23.2. The van der Waals surface area contributed by atoms with E-state index in [0.717, 1.165) is 33.8 Å². The van der Waals surface area contributed by atoms with Gasteiger partial charge in [0.05, 0.1) is 23.6 Å². The molecule has 4 rings (SSSR count). The zero-order valence-electron chi connectivity index (χ0n) is 19.9. The number of ether oxygens (including phenoxy) is 1. The van der Waals surface area contributed by atoms with Crippen LogP contribution in [0.3, 0.4) is 0 Å². The van der Waals surface area contributed by atoms with Crippen molar-refractivity contribution in [1.82, 2.24) is 9.78 Å². The lowest BCUT2D eigenvalue weighted by atomic mass is 10.1. The van der Waals surface area contributed by atoms with Crippen LogP contribution in [0.25, 0.3) is 0 Å². The van der Waals surface area contributed by atoms with Crippen LogP contribution in [0.5, 0.6) is 5.75 Å². The summed E-state index contributed by atoms with van der Waals surface area (Å²) >= 11 is 0. The van der Waals surface area contributed by atoms with E-state index in [9.17, 15) is 9.18 Å². The van der Waals surface area contributed by atoms with Gasteiger partial charge in [-0.25, -0.2) is 4.39 Å². The summed E-state index contributed by atoms with van der Waals surface area (Å²) in [6, 6.07) is 19.8. The first-order chi connectivity index (χ1) is 16.3. The van der Waals surface area contributed by atoms with Gasteiger partial charge >= 0.3 is 0 Å². The number of aryl methyl sites for hydroxylation is 3. The summed E-state index contributed by atoms with van der Waals surface area (Å²) in [7, 11) is 0. The van der Waals surface area contributed by atoms with Gasteiger partial charge in [-0.3, -0.25) is 9.48 Å². The molecular weight excluding hydrogens is 429 g/mol. The molecule has 0 atom stereocenters. The van der Waals surface area contributed by atoms with Crippen LogP contribution in [0, 0.1) is 33.5 Å². The highest BCUT2D eigenvalue weighted by molar-refractivity contribution is 6.05. The average Bonchev–Trinajstić information content (AvgIpc) is 3.07. The Morgan fingerprint density at radius 2 is 1.74 bits per heavy atom. The Labute approximate surface area is 199 Å². The molecule has 0 aliphatic rings. The van der Waals surface area contributed by atoms with Crippen molar-refractivity contribution in [2.75, 3.05) is 5.32 Å². The first-order valence-electron chi connectivity index (χ1n) is 11.2. The van der Waals surface area contributed by atoms with Crippen LogP contribution in [0.15, 0.2) is 66.7 Å². The van der Waals surface area contributed by atoms with Crippen LogP contribution in [-0.2, 0) is 13.2 Å². The third-order valence-corrected chi connectivity index (χ3v) is 5.78. The smallest absolute Gasteiger partial charge is 0.255 e. The first-order valence-corrected chi connectivity index (χ1v) is 11.2. The van der Waals surface area contributed by atoms with E-state index < -0.39 is 0 Å². The molecule has 0 aliphatic carbocycles. The van der Waals surface area contributed by atoms with Crippen molar-refractivity contribution in [3.63, 3.8) is 0 Å². The number of benzene rings is 3. The topological polar surface area (TPSA) is 56.1 Å². The minimum Gasteiger partial charge on any atom is -0.489 e. The Morgan fingerprint density at radius 1 is 0.971 bits per heavy atom. The second-order valence-corrected chi connectivity index (χ2v) is 8.54. The van der Waals surface area contributed by atoms with Crippen molar-refractivity contribution >= 4 is 11.6 Å². The summed E-state index contributed by atoms with van der Waals surface area (Å²) in [5.74, 6) is 0.355. The summed E-state index contributed by atoms with van der Waals surface area (Å²) in [5, 5.41) is 7.56. The Bertz CT molecular complexity index is 1330. The Hall–Kier alpha value is -3.93. The van der Waals surface area contributed by atoms with Crippen molar-refractivity contribution < 1.29 is 13.9 Å². The van der Waals surface area contributed by atoms with Crippen molar-refractivity contribution in [3.8, 4) is 5.75 Å². The quantitative estimate of drug-likeness (QED) is 0.363. The minimum atomic E-state index is -0.272. The van der Waals surface area contributed by atoms with Gasteiger partial charge in [-0.05, 0) is 74.7 Å². The van der Waals surface area contributed by atoms with Crippen LogP contribution in [0.2, 0.25) is 0 Å². The highest BCUT2D eigenvalue weighted by atomic mass is 19.1. The number of nitrogens with zero attached hydrogens (tertiary/aromatic N) is 2. The number of nitrogens with one attached hydrogen (secondary N) is 1. The number of hydrogen-bond acceptors (Lipinski definition) is 3. The van der Waals surface area contributed by atoms with Gasteiger partial charge in [0.15, 0.2) is 0 Å². The number of halogens is 1. The normalized spacial score (nSPS) is 10.9. The molecule has 1 N–H and O–H groups in total. The summed E-state index contributed by atoms with van der Waals surface area (Å²) in [4.78, 5) is 13.0. The van der Waals surface area contributed by atoms with E-state index in [0.29, 0.717) is 24.4 Å². The maximum atomic E-state index is 13.2. The maximum absolute atomic E-state index is 13.2. The highest BCUT2D eigenvalue weighted by Gasteiger charge is 2.16. The Morgan fingerprint density at radius 3 is 2.47 bits per heavy atom. The predicted octanol–water partition coefficient (Wildman–Crippen LogP) is 6.14. The molecule has 5 nitrogen and oxygen atoms in total. The summed E-state index contributed by atoms with van der Waals surface area (Å²) in [6.07, 6.45) is 0. The van der Waals surface area contributed by atoms with Gasteiger partial charge in [0.25, 0.3) is 5.91 Å². The number of amides is 1. The fourth-order valence-electron chi connectivity index (χ4n) is 3.90. The number of rotatable bonds is 7. The van der Waals surface area contributed by atoms with E-state index in [1.165, 1.54) is 17.7 Å². The maximum Gasteiger partial charge on any atom is 0.255 e. The van der Waals surface area contributed by atoms with Gasteiger partial charge in [0.1, 0.15) is 18.2 Å². The second-order valence-electron chi connectivity index (χ2n) is 8.54. The van der Waals surface area contributed by atoms with Crippen molar-refractivity contribution in [2.45, 2.75) is 40.8 Å². The second kappa shape index (κ2) is 9.91. The van der Waals surface area contributed by atoms with Crippen molar-refractivity contribution in [2.24, 2.45) is 0 Å². The van der Waals surface area contributed by atoms with E-state index in [1.807, 2.05) is 55.8 Å². The molecule has 0 spiro atoms. The van der Waals surface area contributed by atoms with Gasteiger partial charge in [-0.2, -0.15) is 5.10 Å². The molecule has 1 aromatic heterocycles. The summed E-state index contributed by atoms with van der Waals surface area (Å²) in [5.41, 5.74) is 6.91. The third-order valence-electron chi connectivity index (χ3n) is 5.78. The Kier molecular flexibility index (Phi) is 6.77. The zero-order valence-corrected chi connectivity index (χ0v) is 19.9. The Balaban J connectivity index is 1.45. The molecule has 0 radical (unpaired) electrons. The lowest BCUT2D eigenvalue weighted by Gasteiger charge is -2.11. The van der Waals surface area contributed by atoms with Crippen LogP contribution < -0.4 is 10.1 Å². The number of hydrogen-bond donors (Lipinski definition) is 1. The molecular formula is C28H28FN3O2. The van der Waals surface area contributed by atoms with Gasteiger partial charge in [-0.15, -0.1) is 0 Å². The molecule has 1 amide bonds. The van der Waals surface area contributed by atoms with Crippen molar-refractivity contribution in [3.05, 3.63) is 112 Å². The van der Waals surface area contributed by atoms with Crippen LogP contribution >= 0.6 is 0 Å². The molecule has 1 heterocycles. The average molecular weight is 458 g/mol. The van der Waals surface area contributed by atoms with Crippen LogP contribution in [0.4, 0.5) is 10.1 Å². The molecule has 0 aliphatic heterocycles. The minimum absolute atomic E-state index is 0.208. The molecule has 4 aromatic rings. The zero-order chi connectivity index (χ0) is 24.2. The van der Waals surface area contributed by atoms with E-state index in [4.69, 9.17) is 4.74 Å². The van der Waals surface area contributed by atoms with Gasteiger partial charge in [0.2, 0.25) is 0 Å². The molecule has 0 unspecified atom stereocenters. The van der Waals surface area contributed by atoms with Gasteiger partial charge in [-0.1, -0.05) is 42.0 Å². The van der Waals surface area contributed by atoms with Gasteiger partial charge < -0.3 is 10.1 Å². The van der Waals surface area contributed by atoms with Crippen molar-refractivity contribution in [1.29, 1.82) is 0 Å². The lowest BCUT2D eigenvalue weighted by molar-refractivity contribution is 0.102. The van der Waals surface area contributed by atoms with E-state index >= 15 is 0 Å². The molecule has 0 saturated carbocycles. The highest BCUT2D eigenvalue weighted by Crippen LogP contribution is 2.23. The van der Waals surface area contributed by atoms with E-state index in [-0.39, 0.29) is 11.7 Å². The van der Waals surface area contributed by atoms with Crippen LogP contribution in [-0.4, -0.2) is 15.7 Å². The molecule has 0 fully saturated rings. The van der Waals surface area contributed by atoms with Gasteiger partial charge in [0, 0.05) is 5.56 Å². The SMILES string of the molecule is Cc1ccc(OCc2cccc(C(=O)Nc3c(C)nn(Cc4ccc(F)cc4)c3C)c2)c(C)c1. The third kappa shape index (κ3) is 5.34. The molecule has 0 bridgehead atoms. The van der Waals surface area contributed by atoms with E-state index in [1.54, 1.807) is 18.2 Å². The fraction of sp³-hybridized carbons (Fsp3) is 0.214. The molecule has 3 aromatic carbocycles. The summed E-state index contributed by atoms with van der Waals surface area (Å²) < 4.78 is 21.0. The summed E-state index contributed by atoms with van der Waals surface area (Å²) in [6.45, 7) is 8.71. The number of aromatic nitrogens is 2. The number of anilines is 1. The lowest BCUT2D eigenvalue weighted by Crippen LogP contribution is -2.14. The molecule has 0 saturated heterocycles. The molecule has 34 heavy (non-hydrogen) atoms. The largest absolute Gasteiger partial charge is 0.489 e. The fourth-order valence-corrected chi connectivity index (χ4v) is 3.90.